The van der Waals surface area contributed by atoms with Gasteiger partial charge in [0.1, 0.15) is 0 Å². The number of benzene rings is 2. The van der Waals surface area contributed by atoms with E-state index < -0.39 is 0 Å². The van der Waals surface area contributed by atoms with Gasteiger partial charge in [0.2, 0.25) is 0 Å². The van der Waals surface area contributed by atoms with Crippen LogP contribution in [0.15, 0.2) is 120 Å². The van der Waals surface area contributed by atoms with Gasteiger partial charge in [0.15, 0.2) is 0 Å². The van der Waals surface area contributed by atoms with Crippen molar-refractivity contribution in [3.05, 3.63) is 143 Å². The van der Waals surface area contributed by atoms with Gasteiger partial charge in [0.05, 0.1) is 0 Å². The van der Waals surface area contributed by atoms with Crippen molar-refractivity contribution < 1.29 is 0 Å². The molecule has 4 atom stereocenters. The summed E-state index contributed by atoms with van der Waals surface area (Å²) in [7, 11) is 0. The van der Waals surface area contributed by atoms with Gasteiger partial charge in [-0.05, 0) is 89.0 Å². The monoisotopic (exact) mass is 512 g/mol. The first-order valence-corrected chi connectivity index (χ1v) is 14.8. The lowest BCUT2D eigenvalue weighted by atomic mass is 9.61. The average molecular weight is 513 g/mol. The van der Waals surface area contributed by atoms with Crippen LogP contribution in [0.3, 0.4) is 0 Å². The highest BCUT2D eigenvalue weighted by atomic mass is 14.5. The van der Waals surface area contributed by atoms with Crippen molar-refractivity contribution in [1.29, 1.82) is 0 Å². The summed E-state index contributed by atoms with van der Waals surface area (Å²) in [5.74, 6) is 1.71. The smallest absolute Gasteiger partial charge is 0.0123 e. The Kier molecular flexibility index (Phi) is 7.94. The van der Waals surface area contributed by atoms with Crippen molar-refractivity contribution in [3.8, 4) is 0 Å². The Bertz CT molecular complexity index is 1410. The molecule has 0 heteroatoms. The van der Waals surface area contributed by atoms with Gasteiger partial charge in [-0.3, -0.25) is 0 Å². The molecule has 5 rings (SSSR count). The summed E-state index contributed by atoms with van der Waals surface area (Å²) < 4.78 is 0. The molecule has 0 nitrogen and oxygen atoms in total. The van der Waals surface area contributed by atoms with E-state index in [1.807, 2.05) is 0 Å². The molecule has 200 valence electrons. The summed E-state index contributed by atoms with van der Waals surface area (Å²) in [4.78, 5) is 0. The number of hydrogen-bond acceptors (Lipinski definition) is 0. The lowest BCUT2D eigenvalue weighted by Crippen LogP contribution is -2.32. The van der Waals surface area contributed by atoms with Gasteiger partial charge >= 0.3 is 0 Å². The van der Waals surface area contributed by atoms with Gasteiger partial charge in [0, 0.05) is 11.8 Å². The quantitative estimate of drug-likeness (QED) is 0.309. The molecule has 1 fully saturated rings. The zero-order valence-corrected chi connectivity index (χ0v) is 24.4. The van der Waals surface area contributed by atoms with E-state index >= 15 is 0 Å². The molecule has 2 aromatic carbocycles. The molecule has 0 spiro atoms. The Morgan fingerprint density at radius 3 is 2.41 bits per heavy atom. The van der Waals surface area contributed by atoms with E-state index in [4.69, 9.17) is 6.58 Å². The van der Waals surface area contributed by atoms with Crippen LogP contribution in [0, 0.1) is 17.8 Å². The van der Waals surface area contributed by atoms with Crippen LogP contribution in [0.4, 0.5) is 0 Å². The maximum absolute atomic E-state index is 4.77. The number of rotatable bonds is 8. The summed E-state index contributed by atoms with van der Waals surface area (Å²) >= 11 is 0. The highest BCUT2D eigenvalue weighted by Gasteiger charge is 2.45. The number of aryl methyl sites for hydroxylation is 1. The molecule has 0 heterocycles. The predicted octanol–water partition coefficient (Wildman–Crippen LogP) is 10.8. The fourth-order valence-corrected chi connectivity index (χ4v) is 7.30. The fraction of sp³-hybridized carbons (Fsp3) is 0.333. The molecule has 0 radical (unpaired) electrons. The molecule has 0 N–H and O–H groups in total. The normalized spacial score (nSPS) is 25.3. The Labute approximate surface area is 236 Å². The van der Waals surface area contributed by atoms with Crippen molar-refractivity contribution in [2.75, 3.05) is 0 Å². The van der Waals surface area contributed by atoms with Crippen molar-refractivity contribution in [1.82, 2.24) is 0 Å². The summed E-state index contributed by atoms with van der Waals surface area (Å²) in [6, 6.07) is 18.0. The second kappa shape index (κ2) is 11.4. The summed E-state index contributed by atoms with van der Waals surface area (Å²) in [5, 5.41) is 0. The zero-order chi connectivity index (χ0) is 27.7. The molecule has 3 aliphatic carbocycles. The number of allylic oxidation sites excluding steroid dienone is 11. The summed E-state index contributed by atoms with van der Waals surface area (Å²) in [6.07, 6.45) is 14.9. The van der Waals surface area contributed by atoms with Crippen LogP contribution >= 0.6 is 0 Å². The molecule has 3 aliphatic rings. The second-order valence-corrected chi connectivity index (χ2v) is 11.9. The van der Waals surface area contributed by atoms with E-state index in [-0.39, 0.29) is 0 Å². The van der Waals surface area contributed by atoms with Crippen LogP contribution in [0.1, 0.15) is 81.5 Å². The first-order valence-electron chi connectivity index (χ1n) is 14.8. The Morgan fingerprint density at radius 1 is 0.974 bits per heavy atom. The average Bonchev–Trinajstić information content (AvgIpc) is 3.52. The number of fused-ring (bicyclic) bond motifs is 1. The molecule has 2 aromatic rings. The van der Waals surface area contributed by atoms with Crippen LogP contribution in [0.25, 0.3) is 11.1 Å². The highest BCUT2D eigenvalue weighted by Crippen LogP contribution is 2.57. The third-order valence-electron chi connectivity index (χ3n) is 9.21. The first-order chi connectivity index (χ1) is 18.8. The topological polar surface area (TPSA) is 0 Å². The summed E-state index contributed by atoms with van der Waals surface area (Å²) in [6.45, 7) is 22.5. The van der Waals surface area contributed by atoms with Crippen LogP contribution in [-0.2, 0) is 6.42 Å². The maximum atomic E-state index is 4.77. The van der Waals surface area contributed by atoms with Crippen LogP contribution in [0.2, 0.25) is 0 Å². The van der Waals surface area contributed by atoms with E-state index in [9.17, 15) is 0 Å². The summed E-state index contributed by atoms with van der Waals surface area (Å²) in [5.41, 5.74) is 15.1. The lowest BCUT2D eigenvalue weighted by Gasteiger charge is -2.42. The molecule has 0 bridgehead atoms. The van der Waals surface area contributed by atoms with Gasteiger partial charge in [-0.25, -0.2) is 0 Å². The predicted molar refractivity (Wildman–Crippen MR) is 171 cm³/mol. The molecule has 4 unspecified atom stereocenters. The van der Waals surface area contributed by atoms with Gasteiger partial charge in [0.25, 0.3) is 0 Å². The molecule has 39 heavy (non-hydrogen) atoms. The molecular formula is C39H44. The molecule has 1 saturated carbocycles. The SMILES string of the molecule is C=C(C)c1ccc(C2=CC=C(C=C3CC4=CC(C)C(C(=C)CCC)C(c5ccccc5CC)C4C3=C)C2)cc1. The third kappa shape index (κ3) is 5.27. The molecule has 0 aliphatic heterocycles. The van der Waals surface area contributed by atoms with Crippen LogP contribution < -0.4 is 0 Å². The van der Waals surface area contributed by atoms with Crippen molar-refractivity contribution >= 4 is 11.1 Å². The Hall–Kier alpha value is -3.38. The molecule has 0 amide bonds. The molecular weight excluding hydrogens is 468 g/mol. The maximum Gasteiger partial charge on any atom is 0.0123 e. The number of hydrogen-bond donors (Lipinski definition) is 0. The van der Waals surface area contributed by atoms with E-state index in [2.05, 4.69) is 114 Å². The minimum absolute atomic E-state index is 0.364. The van der Waals surface area contributed by atoms with Crippen molar-refractivity contribution in [2.45, 2.75) is 65.7 Å². The molecule has 0 saturated heterocycles. The minimum atomic E-state index is 0.364. The minimum Gasteiger partial charge on any atom is -0.0995 e. The third-order valence-corrected chi connectivity index (χ3v) is 9.21. The van der Waals surface area contributed by atoms with E-state index in [1.165, 1.54) is 50.1 Å². The van der Waals surface area contributed by atoms with E-state index in [0.717, 1.165) is 37.7 Å². The van der Waals surface area contributed by atoms with Crippen LogP contribution in [-0.4, -0.2) is 0 Å². The van der Waals surface area contributed by atoms with E-state index in [0.29, 0.717) is 23.7 Å². The van der Waals surface area contributed by atoms with Crippen molar-refractivity contribution in [3.63, 3.8) is 0 Å². The fourth-order valence-electron chi connectivity index (χ4n) is 7.30. The first kappa shape index (κ1) is 27.2. The van der Waals surface area contributed by atoms with Gasteiger partial charge in [-0.1, -0.05) is 136 Å². The highest BCUT2D eigenvalue weighted by molar-refractivity contribution is 5.75. The molecule has 0 aromatic heterocycles. The second-order valence-electron chi connectivity index (χ2n) is 11.9. The van der Waals surface area contributed by atoms with Crippen LogP contribution in [0.5, 0.6) is 0 Å². The largest absolute Gasteiger partial charge is 0.0995 e. The standard InChI is InChI=1S/C39H44/c1-8-12-26(5)37-27(6)21-35-24-34(28(7)38(35)39(37)36-14-11-10-13-30(36)9-2)23-29-15-16-33(22-29)32-19-17-31(18-20-32)25(3)4/h10-11,13-21,23,27,37-39H,3,5,7-9,12,22,24H2,1-2,4,6H3. The lowest BCUT2D eigenvalue weighted by molar-refractivity contribution is 0.321. The van der Waals surface area contributed by atoms with Gasteiger partial charge in [-0.2, -0.15) is 0 Å². The van der Waals surface area contributed by atoms with Gasteiger partial charge < -0.3 is 0 Å². The van der Waals surface area contributed by atoms with Gasteiger partial charge in [-0.15, -0.1) is 0 Å². The van der Waals surface area contributed by atoms with E-state index in [1.54, 1.807) is 5.57 Å². The Morgan fingerprint density at radius 2 is 1.72 bits per heavy atom. The zero-order valence-electron chi connectivity index (χ0n) is 24.4. The van der Waals surface area contributed by atoms with Crippen molar-refractivity contribution in [2.24, 2.45) is 17.8 Å². The Balaban J connectivity index is 1.44.